The molecule has 126 valence electrons. The second kappa shape index (κ2) is 7.83. The zero-order valence-corrected chi connectivity index (χ0v) is 14.4. The molecule has 5 nitrogen and oxygen atoms in total. The lowest BCUT2D eigenvalue weighted by Gasteiger charge is -2.08. The van der Waals surface area contributed by atoms with E-state index < -0.39 is 11.7 Å². The Morgan fingerprint density at radius 1 is 1.50 bits per heavy atom. The third-order valence-corrected chi connectivity index (χ3v) is 5.02. The first-order valence-corrected chi connectivity index (χ1v) is 8.17. The van der Waals surface area contributed by atoms with Gasteiger partial charge in [0.1, 0.15) is 28.8 Å². The smallest absolute Gasteiger partial charge is 0.399 e. The number of halogens is 4. The summed E-state index contributed by atoms with van der Waals surface area (Å²) in [5.74, 6) is 0. The van der Waals surface area contributed by atoms with Crippen LogP contribution < -0.4 is 0 Å². The van der Waals surface area contributed by atoms with Crippen LogP contribution in [0.15, 0.2) is 27.5 Å². The molecule has 0 aliphatic rings. The van der Waals surface area contributed by atoms with Crippen molar-refractivity contribution < 1.29 is 18.0 Å². The molecule has 0 saturated carbocycles. The molecule has 0 bridgehead atoms. The topological polar surface area (TPSA) is 71.2 Å². The summed E-state index contributed by atoms with van der Waals surface area (Å²) in [6.07, 6.45) is -2.00. The van der Waals surface area contributed by atoms with Crippen LogP contribution in [-0.4, -0.2) is 22.7 Å². The van der Waals surface area contributed by atoms with E-state index in [0.29, 0.717) is 28.1 Å². The quantitative estimate of drug-likeness (QED) is 0.556. The minimum absolute atomic E-state index is 0.142. The zero-order chi connectivity index (χ0) is 17.7. The molecule has 0 aliphatic heterocycles. The monoisotopic (exact) mass is 392 g/mol. The van der Waals surface area contributed by atoms with Crippen LogP contribution in [0.5, 0.6) is 0 Å². The van der Waals surface area contributed by atoms with Gasteiger partial charge in [0.25, 0.3) is 0 Å². The Kier molecular flexibility index (Phi) is 6.04. The maximum atomic E-state index is 12.6. The molecule has 0 unspecified atom stereocenters. The van der Waals surface area contributed by atoms with E-state index in [1.54, 1.807) is 0 Å². The molecule has 0 spiro atoms. The van der Waals surface area contributed by atoms with E-state index in [0.717, 1.165) is 29.4 Å². The summed E-state index contributed by atoms with van der Waals surface area (Å²) < 4.78 is 42.0. The van der Waals surface area contributed by atoms with Gasteiger partial charge in [0.2, 0.25) is 0 Å². The largest absolute Gasteiger partial charge is 0.417 e. The maximum Gasteiger partial charge on any atom is 0.417 e. The number of pyridine rings is 1. The van der Waals surface area contributed by atoms with E-state index in [4.69, 9.17) is 11.6 Å². The van der Waals surface area contributed by atoms with Crippen LogP contribution in [0.1, 0.15) is 16.0 Å². The van der Waals surface area contributed by atoms with E-state index in [9.17, 15) is 18.4 Å². The van der Waals surface area contributed by atoms with Crippen LogP contribution in [0.2, 0.25) is 5.02 Å². The van der Waals surface area contributed by atoms with Gasteiger partial charge in [-0.2, -0.15) is 22.8 Å². The summed E-state index contributed by atoms with van der Waals surface area (Å²) in [6, 6.07) is 2.81. The fourth-order valence-electron chi connectivity index (χ4n) is 1.57. The molecule has 2 aromatic rings. The maximum absolute atomic E-state index is 12.6. The fourth-order valence-corrected chi connectivity index (χ4v) is 3.56. The predicted molar refractivity (Wildman–Crippen MR) is 84.4 cm³/mol. The first kappa shape index (κ1) is 18.5. The van der Waals surface area contributed by atoms with Crippen molar-refractivity contribution >= 4 is 41.1 Å². The van der Waals surface area contributed by atoms with Crippen molar-refractivity contribution in [1.29, 1.82) is 5.26 Å². The molecular weight excluding hydrogens is 385 g/mol. The van der Waals surface area contributed by atoms with E-state index in [2.05, 4.69) is 19.4 Å². The van der Waals surface area contributed by atoms with Crippen LogP contribution in [0.3, 0.4) is 0 Å². The fraction of sp³-hybridized carbons (Fsp3) is 0.231. The first-order chi connectivity index (χ1) is 11.4. The standard InChI is InChI=1S/C13H8ClF3N4OS2/c1-22-20-3-2-10-8(5-18)11(21-24-10)23-12-9(14)4-7(6-19-12)13(15,16)17/h3-4,6H,2H2,1H3. The van der Waals surface area contributed by atoms with E-state index >= 15 is 0 Å². The third-order valence-electron chi connectivity index (χ3n) is 2.63. The molecule has 11 heteroatoms. The lowest BCUT2D eigenvalue weighted by molar-refractivity contribution is -0.137. The minimum atomic E-state index is -4.52. The molecule has 2 aromatic heterocycles. The van der Waals surface area contributed by atoms with Gasteiger partial charge in [0, 0.05) is 23.7 Å². The molecule has 2 rings (SSSR count). The van der Waals surface area contributed by atoms with Crippen molar-refractivity contribution in [3.8, 4) is 6.07 Å². The molecule has 0 fully saturated rings. The Bertz CT molecular complexity index is 801. The van der Waals surface area contributed by atoms with Crippen LogP contribution in [0.25, 0.3) is 0 Å². The van der Waals surface area contributed by atoms with Crippen molar-refractivity contribution in [2.75, 3.05) is 7.11 Å². The molecule has 0 amide bonds. The molecule has 0 saturated heterocycles. The van der Waals surface area contributed by atoms with E-state index in [1.807, 2.05) is 6.07 Å². The average Bonchev–Trinajstić information content (AvgIpc) is 2.90. The number of hydrogen-bond acceptors (Lipinski definition) is 7. The van der Waals surface area contributed by atoms with Gasteiger partial charge < -0.3 is 4.84 Å². The summed E-state index contributed by atoms with van der Waals surface area (Å²) >= 11 is 7.89. The highest BCUT2D eigenvalue weighted by molar-refractivity contribution is 7.99. The molecule has 0 atom stereocenters. The highest BCUT2D eigenvalue weighted by atomic mass is 35.5. The van der Waals surface area contributed by atoms with Crippen molar-refractivity contribution in [3.05, 3.63) is 33.3 Å². The zero-order valence-electron chi connectivity index (χ0n) is 12.0. The SMILES string of the molecule is CON=CCc1snc(Sc2ncc(C(F)(F)F)cc2Cl)c1C#N. The molecule has 0 aliphatic carbocycles. The third kappa shape index (κ3) is 4.37. The normalized spacial score (nSPS) is 11.7. The summed E-state index contributed by atoms with van der Waals surface area (Å²) in [5.41, 5.74) is -0.627. The van der Waals surface area contributed by atoms with Gasteiger partial charge >= 0.3 is 6.18 Å². The Balaban J connectivity index is 2.26. The van der Waals surface area contributed by atoms with Crippen molar-refractivity contribution in [2.24, 2.45) is 5.16 Å². The number of aromatic nitrogens is 2. The van der Waals surface area contributed by atoms with Crippen LogP contribution in [-0.2, 0) is 17.4 Å². The van der Waals surface area contributed by atoms with Crippen molar-refractivity contribution in [2.45, 2.75) is 22.6 Å². The van der Waals surface area contributed by atoms with Crippen LogP contribution in [0.4, 0.5) is 13.2 Å². The number of rotatable bonds is 5. The summed E-state index contributed by atoms with van der Waals surface area (Å²) in [5, 5.41) is 13.2. The molecular formula is C13H8ClF3N4OS2. The molecule has 0 radical (unpaired) electrons. The molecule has 0 aromatic carbocycles. The van der Waals surface area contributed by atoms with Crippen molar-refractivity contribution in [3.63, 3.8) is 0 Å². The van der Waals surface area contributed by atoms with E-state index in [1.165, 1.54) is 13.3 Å². The first-order valence-electron chi connectivity index (χ1n) is 6.21. The number of hydrogen-bond donors (Lipinski definition) is 0. The Morgan fingerprint density at radius 3 is 2.83 bits per heavy atom. The number of nitriles is 1. The molecule has 24 heavy (non-hydrogen) atoms. The van der Waals surface area contributed by atoms with Gasteiger partial charge in [-0.15, -0.1) is 0 Å². The number of nitrogens with zero attached hydrogens (tertiary/aromatic N) is 4. The summed E-state index contributed by atoms with van der Waals surface area (Å²) in [7, 11) is 1.40. The predicted octanol–water partition coefficient (Wildman–Crippen LogP) is 4.41. The summed E-state index contributed by atoms with van der Waals surface area (Å²) in [4.78, 5) is 8.92. The van der Waals surface area contributed by atoms with Gasteiger partial charge in [-0.1, -0.05) is 16.8 Å². The Hall–Kier alpha value is -1.83. The lowest BCUT2D eigenvalue weighted by atomic mass is 10.2. The Labute approximate surface area is 148 Å². The van der Waals surface area contributed by atoms with Crippen molar-refractivity contribution in [1.82, 2.24) is 9.36 Å². The highest BCUT2D eigenvalue weighted by Gasteiger charge is 2.31. The molecule has 0 N–H and O–H groups in total. The number of alkyl halides is 3. The van der Waals surface area contributed by atoms with Gasteiger partial charge in [0.05, 0.1) is 10.6 Å². The second-order valence-corrected chi connectivity index (χ2v) is 6.43. The van der Waals surface area contributed by atoms with Crippen LogP contribution >= 0.6 is 34.9 Å². The van der Waals surface area contributed by atoms with Gasteiger partial charge in [-0.3, -0.25) is 0 Å². The van der Waals surface area contributed by atoms with E-state index in [-0.39, 0.29) is 10.0 Å². The Morgan fingerprint density at radius 2 is 2.25 bits per heavy atom. The van der Waals surface area contributed by atoms with Crippen LogP contribution in [0, 0.1) is 11.3 Å². The summed E-state index contributed by atoms with van der Waals surface area (Å²) in [6.45, 7) is 0. The highest BCUT2D eigenvalue weighted by Crippen LogP contribution is 2.38. The second-order valence-electron chi connectivity index (χ2n) is 4.18. The molecule has 2 heterocycles. The van der Waals surface area contributed by atoms with Gasteiger partial charge in [0.15, 0.2) is 0 Å². The van der Waals surface area contributed by atoms with Gasteiger partial charge in [-0.25, -0.2) is 4.98 Å². The van der Waals surface area contributed by atoms with Gasteiger partial charge in [-0.05, 0) is 29.4 Å². The number of oxime groups is 1. The average molecular weight is 393 g/mol. The lowest BCUT2D eigenvalue weighted by Crippen LogP contribution is -2.05. The minimum Gasteiger partial charge on any atom is -0.399 e.